The van der Waals surface area contributed by atoms with Gasteiger partial charge in [-0.1, -0.05) is 6.07 Å². The topological polar surface area (TPSA) is 169 Å². The molecule has 3 amide bonds. The van der Waals surface area contributed by atoms with Crippen molar-refractivity contribution in [2.45, 2.75) is 103 Å². The summed E-state index contributed by atoms with van der Waals surface area (Å²) in [4.78, 5) is 46.2. The normalized spacial score (nSPS) is 15.3. The van der Waals surface area contributed by atoms with Crippen LogP contribution < -0.4 is 21.1 Å². The number of carbonyl (C=O) groups excluding carboxylic acids is 2. The molecule has 2 aliphatic heterocycles. The molecule has 3 heterocycles. The number of pyridine rings is 1. The molecule has 0 bridgehead atoms. The number of aromatic nitrogens is 1. The van der Waals surface area contributed by atoms with E-state index < -0.39 is 23.4 Å². The van der Waals surface area contributed by atoms with E-state index in [1.807, 2.05) is 27.7 Å². The molecule has 1 saturated heterocycles. The molecule has 13 nitrogen and oxygen atoms in total. The minimum Gasteiger partial charge on any atom is -0.494 e. The van der Waals surface area contributed by atoms with Crippen molar-refractivity contribution in [2.75, 3.05) is 58.4 Å². The van der Waals surface area contributed by atoms with Gasteiger partial charge >= 0.3 is 12.0 Å². The number of ether oxygens (including phenoxy) is 3. The van der Waals surface area contributed by atoms with Crippen molar-refractivity contribution in [1.29, 1.82) is 0 Å². The van der Waals surface area contributed by atoms with Crippen LogP contribution in [0.1, 0.15) is 94.6 Å². The van der Waals surface area contributed by atoms with Crippen molar-refractivity contribution in [2.24, 2.45) is 5.73 Å². The van der Waals surface area contributed by atoms with Gasteiger partial charge in [-0.15, -0.1) is 0 Å². The van der Waals surface area contributed by atoms with E-state index in [4.69, 9.17) is 24.9 Å². The first-order chi connectivity index (χ1) is 24.7. The van der Waals surface area contributed by atoms with Crippen molar-refractivity contribution in [3.05, 3.63) is 52.5 Å². The minimum atomic E-state index is -1.08. The van der Waals surface area contributed by atoms with Crippen LogP contribution in [0.15, 0.2) is 24.3 Å². The van der Waals surface area contributed by atoms with Crippen LogP contribution in [0.2, 0.25) is 0 Å². The third kappa shape index (κ3) is 11.8. The Morgan fingerprint density at radius 1 is 1.12 bits per heavy atom. The Balaban J connectivity index is 1.31. The van der Waals surface area contributed by atoms with E-state index in [2.05, 4.69) is 16.7 Å². The number of fused-ring (bicyclic) bond motifs is 1. The molecule has 0 saturated carbocycles. The lowest BCUT2D eigenvalue weighted by atomic mass is 10.0. The number of aryl methyl sites for hydroxylation is 2. The summed E-state index contributed by atoms with van der Waals surface area (Å²) >= 11 is 0. The predicted octanol–water partition coefficient (Wildman–Crippen LogP) is 4.81. The van der Waals surface area contributed by atoms with Crippen molar-refractivity contribution in [1.82, 2.24) is 20.1 Å². The van der Waals surface area contributed by atoms with Crippen LogP contribution in [0.25, 0.3) is 0 Å². The summed E-state index contributed by atoms with van der Waals surface area (Å²) in [5.41, 5.74) is 8.25. The van der Waals surface area contributed by atoms with Crippen LogP contribution in [-0.4, -0.2) is 102 Å². The lowest BCUT2D eigenvalue weighted by Gasteiger charge is -2.29. The number of carbonyl (C=O) groups is 3. The zero-order valence-electron chi connectivity index (χ0n) is 31.4. The second-order valence-corrected chi connectivity index (χ2v) is 14.7. The number of carboxylic acid groups (broad SMARTS) is 1. The standard InChI is InChI=1S/C38H57FN6O7/c1-37(2,13-15-40)52-21-14-38(3,4)51-20-12-33(46)42-25-28-22-27-8-6-16-41-35(27)43-30(28)9-7-17-44-18-19-45(36(44)49)31(24-34(47)48)26-10-11-32(50-5)29(39)23-26/h10-11,22-23,31H,6-9,12-21,24-25,40H2,1-5H3,(H,41,43)(H,42,46)(H,47,48)/t31-/m0/s1. The molecule has 1 aromatic heterocycles. The van der Waals surface area contributed by atoms with E-state index in [-0.39, 0.29) is 42.7 Å². The van der Waals surface area contributed by atoms with Crippen LogP contribution in [-0.2, 0) is 38.4 Å². The van der Waals surface area contributed by atoms with Gasteiger partial charge in [0.1, 0.15) is 5.82 Å². The summed E-state index contributed by atoms with van der Waals surface area (Å²) in [6.07, 6.45) is 4.43. The van der Waals surface area contributed by atoms with Crippen LogP contribution in [0.4, 0.5) is 15.0 Å². The summed E-state index contributed by atoms with van der Waals surface area (Å²) in [5.74, 6) is -0.913. The highest BCUT2D eigenvalue weighted by Gasteiger charge is 2.36. The number of urea groups is 1. The van der Waals surface area contributed by atoms with Gasteiger partial charge in [0.05, 0.1) is 44.0 Å². The summed E-state index contributed by atoms with van der Waals surface area (Å²) in [6.45, 7) is 11.8. The van der Waals surface area contributed by atoms with E-state index in [1.165, 1.54) is 24.1 Å². The predicted molar refractivity (Wildman–Crippen MR) is 196 cm³/mol. The van der Waals surface area contributed by atoms with Gasteiger partial charge in [-0.25, -0.2) is 14.2 Å². The fourth-order valence-electron chi connectivity index (χ4n) is 6.61. The molecular weight excluding hydrogens is 671 g/mol. The first-order valence-electron chi connectivity index (χ1n) is 18.3. The molecule has 0 spiro atoms. The van der Waals surface area contributed by atoms with Gasteiger partial charge in [0.2, 0.25) is 5.91 Å². The number of nitrogens with two attached hydrogens (primary N) is 1. The van der Waals surface area contributed by atoms with Crippen molar-refractivity contribution < 1.29 is 38.1 Å². The van der Waals surface area contributed by atoms with Gasteiger partial charge in [-0.05, 0) is 108 Å². The molecule has 52 heavy (non-hydrogen) atoms. The molecule has 2 aliphatic rings. The lowest BCUT2D eigenvalue weighted by Crippen LogP contribution is -2.36. The largest absolute Gasteiger partial charge is 0.494 e. The number of rotatable bonds is 21. The highest BCUT2D eigenvalue weighted by molar-refractivity contribution is 5.78. The van der Waals surface area contributed by atoms with E-state index in [9.17, 15) is 23.9 Å². The van der Waals surface area contributed by atoms with Gasteiger partial charge in [-0.3, -0.25) is 9.59 Å². The Morgan fingerprint density at radius 3 is 2.58 bits per heavy atom. The summed E-state index contributed by atoms with van der Waals surface area (Å²) < 4.78 is 31.6. The Morgan fingerprint density at radius 2 is 1.87 bits per heavy atom. The Bertz CT molecular complexity index is 1540. The monoisotopic (exact) mass is 728 g/mol. The van der Waals surface area contributed by atoms with Gasteiger partial charge in [0.15, 0.2) is 11.6 Å². The van der Waals surface area contributed by atoms with Crippen LogP contribution in [0.3, 0.4) is 0 Å². The highest BCUT2D eigenvalue weighted by Crippen LogP contribution is 2.31. The Labute approximate surface area is 306 Å². The maximum atomic E-state index is 14.5. The molecule has 1 fully saturated rings. The van der Waals surface area contributed by atoms with E-state index in [1.54, 1.807) is 11.0 Å². The number of carboxylic acids is 1. The van der Waals surface area contributed by atoms with E-state index in [0.29, 0.717) is 64.2 Å². The Hall–Kier alpha value is -4.01. The molecule has 5 N–H and O–H groups in total. The van der Waals surface area contributed by atoms with Crippen molar-refractivity contribution in [3.63, 3.8) is 0 Å². The molecule has 1 atom stereocenters. The minimum absolute atomic E-state index is 0.0475. The number of hydrogen-bond acceptors (Lipinski definition) is 9. The number of benzene rings is 1. The summed E-state index contributed by atoms with van der Waals surface area (Å²) in [6, 6.07) is 5.28. The maximum absolute atomic E-state index is 14.5. The second-order valence-electron chi connectivity index (χ2n) is 14.7. The number of amides is 3. The number of anilines is 1. The first-order valence-corrected chi connectivity index (χ1v) is 18.3. The lowest BCUT2D eigenvalue weighted by molar-refractivity contribution is -0.138. The highest BCUT2D eigenvalue weighted by atomic mass is 19.1. The smallest absolute Gasteiger partial charge is 0.320 e. The quantitative estimate of drug-likeness (QED) is 0.140. The summed E-state index contributed by atoms with van der Waals surface area (Å²) in [7, 11) is 1.36. The number of nitrogens with one attached hydrogen (secondary N) is 2. The fourth-order valence-corrected chi connectivity index (χ4v) is 6.61. The SMILES string of the molecule is COc1ccc([C@H](CC(=O)O)N2CCN(CCCc3nc4c(cc3CNC(=O)CCOC(C)(C)CCOC(C)(C)CCN)CCCN4)C2=O)cc1F. The third-order valence-electron chi connectivity index (χ3n) is 9.70. The Kier molecular flexibility index (Phi) is 14.6. The third-order valence-corrected chi connectivity index (χ3v) is 9.70. The number of nitrogens with zero attached hydrogens (tertiary/aromatic N) is 3. The van der Waals surface area contributed by atoms with Gasteiger partial charge in [0.25, 0.3) is 0 Å². The van der Waals surface area contributed by atoms with Crippen LogP contribution in [0, 0.1) is 5.82 Å². The van der Waals surface area contributed by atoms with Gasteiger partial charge in [0, 0.05) is 44.8 Å². The van der Waals surface area contributed by atoms with E-state index >= 15 is 0 Å². The van der Waals surface area contributed by atoms with Gasteiger partial charge < -0.3 is 45.5 Å². The van der Waals surface area contributed by atoms with Crippen LogP contribution >= 0.6 is 0 Å². The van der Waals surface area contributed by atoms with Crippen molar-refractivity contribution in [3.8, 4) is 5.75 Å². The molecule has 14 heteroatoms. The fraction of sp³-hybridized carbons (Fsp3) is 0.632. The number of aliphatic carboxylic acids is 1. The molecular formula is C38H57FN6O7. The second kappa shape index (κ2) is 18.7. The van der Waals surface area contributed by atoms with E-state index in [0.717, 1.165) is 48.4 Å². The van der Waals surface area contributed by atoms with Crippen LogP contribution in [0.5, 0.6) is 5.75 Å². The average molecular weight is 729 g/mol. The molecule has 0 aliphatic carbocycles. The van der Waals surface area contributed by atoms with Crippen molar-refractivity contribution >= 4 is 23.7 Å². The average Bonchev–Trinajstić information content (AvgIpc) is 3.44. The zero-order valence-corrected chi connectivity index (χ0v) is 31.4. The number of hydrogen-bond donors (Lipinski definition) is 4. The molecule has 2 aromatic rings. The number of halogens is 1. The molecule has 0 radical (unpaired) electrons. The number of methoxy groups -OCH3 is 1. The maximum Gasteiger partial charge on any atom is 0.320 e. The summed E-state index contributed by atoms with van der Waals surface area (Å²) in [5, 5.41) is 16.0. The molecule has 0 unspecified atom stereocenters. The molecule has 288 valence electrons. The zero-order chi connectivity index (χ0) is 37.9. The first kappa shape index (κ1) is 40.8. The molecule has 4 rings (SSSR count). The molecule has 1 aromatic carbocycles. The van der Waals surface area contributed by atoms with Gasteiger partial charge in [-0.2, -0.15) is 0 Å².